The van der Waals surface area contributed by atoms with E-state index in [-0.39, 0.29) is 6.23 Å². The molecule has 49 heavy (non-hydrogen) atoms. The number of aromatic nitrogens is 1. The van der Waals surface area contributed by atoms with Crippen LogP contribution < -0.4 is 10.1 Å². The molecule has 0 saturated carbocycles. The summed E-state index contributed by atoms with van der Waals surface area (Å²) < 4.78 is 15.7. The molecule has 4 heteroatoms. The normalized spacial score (nSPS) is 14.2. The van der Waals surface area contributed by atoms with Gasteiger partial charge in [-0.15, -0.1) is 0 Å². The van der Waals surface area contributed by atoms with Crippen LogP contribution in [0.25, 0.3) is 82.1 Å². The highest BCUT2D eigenvalue weighted by Crippen LogP contribution is 2.52. The Balaban J connectivity index is 1.04. The van der Waals surface area contributed by atoms with Crippen molar-refractivity contribution in [3.63, 3.8) is 0 Å². The minimum absolute atomic E-state index is 0.357. The van der Waals surface area contributed by atoms with Crippen LogP contribution in [0, 0.1) is 0 Å². The fraction of sp³-hybridized carbons (Fsp3) is 0.0222. The summed E-state index contributed by atoms with van der Waals surface area (Å²) in [5, 5.41) is 13.3. The maximum absolute atomic E-state index is 6.88. The van der Waals surface area contributed by atoms with Gasteiger partial charge in [0, 0.05) is 33.0 Å². The van der Waals surface area contributed by atoms with Crippen molar-refractivity contribution in [1.29, 1.82) is 0 Å². The molecule has 1 aliphatic rings. The zero-order chi connectivity index (χ0) is 32.1. The molecular weight excluding hydrogens is 601 g/mol. The van der Waals surface area contributed by atoms with Crippen LogP contribution in [0.4, 0.5) is 5.69 Å². The summed E-state index contributed by atoms with van der Waals surface area (Å²) in [6, 6.07) is 56.1. The van der Waals surface area contributed by atoms with E-state index in [9.17, 15) is 0 Å². The van der Waals surface area contributed by atoms with E-state index in [2.05, 4.69) is 155 Å². The molecule has 1 aliphatic heterocycles. The molecule has 0 bridgehead atoms. The van der Waals surface area contributed by atoms with Gasteiger partial charge in [-0.1, -0.05) is 109 Å². The maximum atomic E-state index is 6.88. The van der Waals surface area contributed by atoms with Gasteiger partial charge in [0.25, 0.3) is 0 Å². The Morgan fingerprint density at radius 2 is 1.20 bits per heavy atom. The summed E-state index contributed by atoms with van der Waals surface area (Å²) in [7, 11) is 0. The van der Waals surface area contributed by atoms with Crippen molar-refractivity contribution in [2.45, 2.75) is 6.23 Å². The van der Waals surface area contributed by atoms with Crippen molar-refractivity contribution >= 4 is 71.0 Å². The van der Waals surface area contributed by atoms with Crippen LogP contribution in [0.1, 0.15) is 11.8 Å². The first-order valence-corrected chi connectivity index (χ1v) is 16.7. The van der Waals surface area contributed by atoms with Crippen molar-refractivity contribution in [2.24, 2.45) is 0 Å². The van der Waals surface area contributed by atoms with E-state index in [1.54, 1.807) is 0 Å². The number of benzene rings is 8. The zero-order valence-electron chi connectivity index (χ0n) is 26.4. The Bertz CT molecular complexity index is 2950. The van der Waals surface area contributed by atoms with E-state index in [0.29, 0.717) is 0 Å². The first kappa shape index (κ1) is 26.5. The number of nitrogens with one attached hydrogen (secondary N) is 1. The van der Waals surface area contributed by atoms with Crippen LogP contribution in [0.15, 0.2) is 162 Å². The Hall–Kier alpha value is -6.52. The monoisotopic (exact) mass is 628 g/mol. The molecule has 4 nitrogen and oxygen atoms in total. The third-order valence-corrected chi connectivity index (χ3v) is 10.2. The molecule has 11 rings (SSSR count). The minimum Gasteiger partial charge on any atom is -0.464 e. The molecule has 0 saturated heterocycles. The van der Waals surface area contributed by atoms with E-state index in [0.717, 1.165) is 55.8 Å². The van der Waals surface area contributed by atoms with Gasteiger partial charge >= 0.3 is 0 Å². The summed E-state index contributed by atoms with van der Waals surface area (Å²) in [6.07, 6.45) is -0.357. The van der Waals surface area contributed by atoms with Crippen LogP contribution in [0.5, 0.6) is 5.75 Å². The molecule has 0 radical (unpaired) electrons. The van der Waals surface area contributed by atoms with Crippen LogP contribution in [-0.2, 0) is 0 Å². The lowest BCUT2D eigenvalue weighted by Crippen LogP contribution is -2.10. The number of nitrogens with zero attached hydrogens (tertiary/aromatic N) is 1. The van der Waals surface area contributed by atoms with Gasteiger partial charge < -0.3 is 19.0 Å². The molecule has 1 atom stereocenters. The van der Waals surface area contributed by atoms with E-state index >= 15 is 0 Å². The molecule has 1 N–H and O–H groups in total. The quantitative estimate of drug-likeness (QED) is 0.212. The van der Waals surface area contributed by atoms with Crippen molar-refractivity contribution in [3.8, 4) is 22.6 Å². The predicted octanol–water partition coefficient (Wildman–Crippen LogP) is 12.2. The number of ether oxygens (including phenoxy) is 1. The van der Waals surface area contributed by atoms with Gasteiger partial charge in [0.05, 0.1) is 22.1 Å². The van der Waals surface area contributed by atoms with Gasteiger partial charge in [-0.3, -0.25) is 0 Å². The second kappa shape index (κ2) is 9.99. The lowest BCUT2D eigenvalue weighted by atomic mass is 9.98. The number of fused-ring (bicyclic) bond motifs is 10. The molecule has 3 heterocycles. The smallest absolute Gasteiger partial charge is 0.196 e. The summed E-state index contributed by atoms with van der Waals surface area (Å²) in [5.41, 5.74) is 9.33. The highest BCUT2D eigenvalue weighted by atomic mass is 16.5. The van der Waals surface area contributed by atoms with Crippen molar-refractivity contribution in [1.82, 2.24) is 4.57 Å². The highest BCUT2D eigenvalue weighted by molar-refractivity contribution is 6.16. The SMILES string of the molecule is c1ccc2cc(-c3cc4oc5ccccc5c4c4c3OC(c3ccc(-n5c6ccccc6c6cc7ccccc7cc65)cc3)N4)ccc2c1. The Kier molecular flexibility index (Phi) is 5.41. The first-order chi connectivity index (χ1) is 24.3. The fourth-order valence-corrected chi connectivity index (χ4v) is 7.86. The average Bonchev–Trinajstić information content (AvgIpc) is 3.85. The van der Waals surface area contributed by atoms with Gasteiger partial charge in [-0.25, -0.2) is 0 Å². The van der Waals surface area contributed by atoms with Crippen molar-refractivity contribution in [3.05, 3.63) is 163 Å². The largest absolute Gasteiger partial charge is 0.464 e. The first-order valence-electron chi connectivity index (χ1n) is 16.7. The standard InChI is InChI=1S/C45H28N2O2/c1-2-10-29-23-32(18-17-27(29)9-1)36-26-41-42(35-14-6-8-16-40(35)48-41)43-44(36)49-45(46-43)28-19-21-33(22-20-28)47-38-15-7-5-13-34(38)37-24-30-11-3-4-12-31(30)25-39(37)47/h1-26,45-46H. The number of hydrogen-bond donors (Lipinski definition) is 1. The van der Waals surface area contributed by atoms with Gasteiger partial charge in [0.2, 0.25) is 0 Å². The highest BCUT2D eigenvalue weighted by Gasteiger charge is 2.31. The second-order valence-corrected chi connectivity index (χ2v) is 13.0. The van der Waals surface area contributed by atoms with E-state index in [4.69, 9.17) is 9.15 Å². The maximum Gasteiger partial charge on any atom is 0.196 e. The van der Waals surface area contributed by atoms with Crippen molar-refractivity contribution < 1.29 is 9.15 Å². The molecule has 1 unspecified atom stereocenters. The number of hydrogen-bond acceptors (Lipinski definition) is 3. The van der Waals surface area contributed by atoms with E-state index in [1.807, 2.05) is 12.1 Å². The number of rotatable bonds is 3. The van der Waals surface area contributed by atoms with Crippen LogP contribution in [-0.4, -0.2) is 4.57 Å². The fourth-order valence-electron chi connectivity index (χ4n) is 7.86. The number of para-hydroxylation sites is 2. The number of furan rings is 1. The van der Waals surface area contributed by atoms with Crippen LogP contribution in [0.3, 0.4) is 0 Å². The van der Waals surface area contributed by atoms with Crippen molar-refractivity contribution in [2.75, 3.05) is 5.32 Å². The van der Waals surface area contributed by atoms with Gasteiger partial charge in [-0.2, -0.15) is 0 Å². The molecule has 0 fully saturated rings. The summed E-state index contributed by atoms with van der Waals surface area (Å²) in [6.45, 7) is 0. The van der Waals surface area contributed by atoms with Gasteiger partial charge in [0.1, 0.15) is 11.2 Å². The summed E-state index contributed by atoms with van der Waals surface area (Å²) >= 11 is 0. The summed E-state index contributed by atoms with van der Waals surface area (Å²) in [5.74, 6) is 0.845. The Morgan fingerprint density at radius 3 is 2.04 bits per heavy atom. The number of anilines is 1. The average molecular weight is 629 g/mol. The lowest BCUT2D eigenvalue weighted by molar-refractivity contribution is 0.261. The Labute approximate surface area is 281 Å². The molecular formula is C45H28N2O2. The minimum atomic E-state index is -0.357. The van der Waals surface area contributed by atoms with E-state index in [1.165, 1.54) is 43.4 Å². The Morgan fingerprint density at radius 1 is 0.510 bits per heavy atom. The molecule has 230 valence electrons. The molecule has 0 spiro atoms. The molecule has 0 aliphatic carbocycles. The lowest BCUT2D eigenvalue weighted by Gasteiger charge is -2.14. The van der Waals surface area contributed by atoms with Gasteiger partial charge in [0.15, 0.2) is 12.0 Å². The zero-order valence-corrected chi connectivity index (χ0v) is 26.4. The second-order valence-electron chi connectivity index (χ2n) is 13.0. The van der Waals surface area contributed by atoms with Crippen LogP contribution >= 0.6 is 0 Å². The third kappa shape index (κ3) is 3.92. The van der Waals surface area contributed by atoms with E-state index < -0.39 is 0 Å². The topological polar surface area (TPSA) is 39.3 Å². The molecule has 0 amide bonds. The molecule has 8 aromatic carbocycles. The van der Waals surface area contributed by atoms with Gasteiger partial charge in [-0.05, 0) is 75.6 Å². The van der Waals surface area contributed by atoms with Crippen LogP contribution in [0.2, 0.25) is 0 Å². The third-order valence-electron chi connectivity index (χ3n) is 10.2. The molecule has 10 aromatic rings. The predicted molar refractivity (Wildman–Crippen MR) is 202 cm³/mol. The summed E-state index contributed by atoms with van der Waals surface area (Å²) in [4.78, 5) is 0. The molecule has 2 aromatic heterocycles.